The molecule has 4 aromatic carbocycles. The summed E-state index contributed by atoms with van der Waals surface area (Å²) < 4.78 is 72.0. The molecule has 2 N–H and O–H groups in total. The molecule has 8 bridgehead atoms. The van der Waals surface area contributed by atoms with Gasteiger partial charge >= 0.3 is 35.8 Å². The highest BCUT2D eigenvalue weighted by molar-refractivity contribution is 5.97. The van der Waals surface area contributed by atoms with Crippen LogP contribution in [0.2, 0.25) is 0 Å². The topological polar surface area (TPSA) is 271 Å². The minimum atomic E-state index is -0.902. The minimum absolute atomic E-state index is 0.0998. The van der Waals surface area contributed by atoms with Crippen molar-refractivity contribution in [1.29, 1.82) is 0 Å². The van der Waals surface area contributed by atoms with Gasteiger partial charge in [-0.05, 0) is 233 Å². The number of carbonyl (C=O) groups is 6. The molecule has 0 unspecified atom stereocenters. The summed E-state index contributed by atoms with van der Waals surface area (Å²) in [6.45, 7) is 27.0. The van der Waals surface area contributed by atoms with Crippen molar-refractivity contribution in [1.82, 2.24) is 19.9 Å². The van der Waals surface area contributed by atoms with E-state index in [2.05, 4.69) is 33.6 Å². The van der Waals surface area contributed by atoms with Gasteiger partial charge in [0.15, 0.2) is 62.6 Å². The van der Waals surface area contributed by atoms with Gasteiger partial charge in [-0.1, -0.05) is 60.1 Å². The van der Waals surface area contributed by atoms with Gasteiger partial charge in [-0.25, -0.2) is 38.7 Å². The largest absolute Gasteiger partial charge is 0.478 e. The molecule has 3 aromatic heterocycles. The summed E-state index contributed by atoms with van der Waals surface area (Å²) in [6.07, 6.45) is 7.22. The van der Waals surface area contributed by atoms with Crippen molar-refractivity contribution >= 4 is 82.2 Å². The first-order valence-corrected chi connectivity index (χ1v) is 34.4. The first-order chi connectivity index (χ1) is 49.7. The highest BCUT2D eigenvalue weighted by atomic mass is 16.6. The molecule has 5 heterocycles. The number of benzene rings is 4. The molecular formula is C84H90N4O18. The molecule has 9 rings (SSSR count). The minimum Gasteiger partial charge on any atom is -0.478 e. The number of nitrogens with one attached hydrogen (secondary N) is 2. The van der Waals surface area contributed by atoms with Crippen molar-refractivity contribution in [2.24, 2.45) is 0 Å². The quantitative estimate of drug-likeness (QED) is 0.0408. The normalized spacial score (nSPS) is 12.1. The molecule has 0 saturated carbocycles. The Balaban J connectivity index is 1.40. The lowest BCUT2D eigenvalue weighted by atomic mass is 10.0. The molecule has 0 aliphatic carbocycles. The monoisotopic (exact) mass is 1440 g/mol. The van der Waals surface area contributed by atoms with Crippen LogP contribution >= 0.6 is 0 Å². The van der Waals surface area contributed by atoms with Crippen molar-refractivity contribution in [2.45, 2.75) is 158 Å². The van der Waals surface area contributed by atoms with Crippen molar-refractivity contribution < 1.29 is 85.6 Å². The number of hydrogen-bond donors (Lipinski definition) is 2. The number of rotatable bonds is 20. The smallest absolute Gasteiger partial charge is 0.344 e. The van der Waals surface area contributed by atoms with E-state index >= 15 is 0 Å². The van der Waals surface area contributed by atoms with E-state index in [1.165, 1.54) is 0 Å². The molecule has 0 radical (unpaired) electrons. The van der Waals surface area contributed by atoms with Crippen molar-refractivity contribution in [2.75, 3.05) is 39.6 Å². The zero-order valence-electron chi connectivity index (χ0n) is 63.2. The number of ether oxygens (including phenoxy) is 12. The van der Waals surface area contributed by atoms with Crippen LogP contribution in [0.3, 0.4) is 0 Å². The van der Waals surface area contributed by atoms with E-state index in [-0.39, 0.29) is 34.5 Å². The van der Waals surface area contributed by atoms with Crippen LogP contribution in [0, 0.1) is 23.7 Å². The number of nitrogens with zero attached hydrogens (tertiary/aromatic N) is 2. The Morgan fingerprint density at radius 1 is 0.311 bits per heavy atom. The maximum atomic E-state index is 13.6. The number of hydrogen-bond acceptors (Lipinski definition) is 20. The molecule has 2 aliphatic rings. The lowest BCUT2D eigenvalue weighted by Crippen LogP contribution is -2.28. The zero-order chi connectivity index (χ0) is 77.1. The lowest BCUT2D eigenvalue weighted by Gasteiger charge is -2.23. The number of H-pyrrole nitrogens is 2. The lowest BCUT2D eigenvalue weighted by molar-refractivity contribution is -0.159. The number of esters is 6. The number of carbonyl (C=O) groups excluding carboxylic acids is 6. The van der Waals surface area contributed by atoms with Gasteiger partial charge < -0.3 is 66.8 Å². The van der Waals surface area contributed by atoms with E-state index in [1.54, 1.807) is 161 Å². The van der Waals surface area contributed by atoms with Gasteiger partial charge in [0.05, 0.1) is 44.9 Å². The number of fused-ring (bicyclic) bond motifs is 8. The van der Waals surface area contributed by atoms with Gasteiger partial charge in [-0.15, -0.1) is 0 Å². The molecule has 2 aliphatic heterocycles. The standard InChI is InChI=1S/C84H90N4O18/c1-79(2,3)101-69(89)45-95-65-41-53(42-66(96-46-70(90)102-80(4,5)6)77(65)99-49-73(93)105-83(13,14)15)75-61-37-33-57(85-61)55(31-29-51-25-21-19-22-26-51)59-35-39-63(87-59)76(64-40-36-60(88-64)56(58-34-38-62(75)86-58)32-30-52-27-23-20-24-28-52)54-43-67(97-47-71(91)103-81(7,8)9)78(100-50-74(94)106-84(16,17)18)68(44-54)98-48-72(92)104-82(10,11)12/h19-28,33-44,85,88H,45-50H2,1-18H3. The van der Waals surface area contributed by atoms with E-state index in [9.17, 15) is 28.8 Å². The second kappa shape index (κ2) is 32.5. The van der Waals surface area contributed by atoms with Gasteiger partial charge in [-0.2, -0.15) is 0 Å². The van der Waals surface area contributed by atoms with E-state index < -0.39 is 109 Å². The summed E-state index contributed by atoms with van der Waals surface area (Å²) in [5.41, 5.74) is 1.73. The predicted octanol–water partition coefficient (Wildman–Crippen LogP) is 15.1. The van der Waals surface area contributed by atoms with Crippen LogP contribution in [0.15, 0.2) is 109 Å². The van der Waals surface area contributed by atoms with E-state index in [0.29, 0.717) is 89.4 Å². The fourth-order valence-electron chi connectivity index (χ4n) is 10.6. The average molecular weight is 1440 g/mol. The Bertz CT molecular complexity index is 4450. The summed E-state index contributed by atoms with van der Waals surface area (Å²) in [5, 5.41) is 0. The highest BCUT2D eigenvalue weighted by Crippen LogP contribution is 2.47. The second-order valence-electron chi connectivity index (χ2n) is 30.6. The summed E-state index contributed by atoms with van der Waals surface area (Å²) in [6, 6.07) is 32.5. The summed E-state index contributed by atoms with van der Waals surface area (Å²) >= 11 is 0. The number of aromatic nitrogens is 4. The predicted molar refractivity (Wildman–Crippen MR) is 403 cm³/mol. The molecule has 0 atom stereocenters. The van der Waals surface area contributed by atoms with Crippen LogP contribution in [-0.4, -0.2) is 129 Å². The molecule has 0 amide bonds. The van der Waals surface area contributed by atoms with Gasteiger partial charge in [0.2, 0.25) is 11.5 Å². The molecule has 22 nitrogen and oxygen atoms in total. The zero-order valence-corrected chi connectivity index (χ0v) is 63.2. The molecule has 0 saturated heterocycles. The maximum absolute atomic E-state index is 13.6. The van der Waals surface area contributed by atoms with Crippen LogP contribution in [-0.2, 0) is 57.2 Å². The van der Waals surface area contributed by atoms with Crippen LogP contribution in [0.1, 0.15) is 170 Å². The second-order valence-corrected chi connectivity index (χ2v) is 30.6. The Kier molecular flexibility index (Phi) is 24.0. The van der Waals surface area contributed by atoms with Crippen LogP contribution in [0.4, 0.5) is 0 Å². The first-order valence-electron chi connectivity index (χ1n) is 34.4. The van der Waals surface area contributed by atoms with Crippen molar-refractivity contribution in [3.8, 4) is 80.4 Å². The fraction of sp³-hybridized carbons (Fsp3) is 0.357. The van der Waals surface area contributed by atoms with Gasteiger partial charge in [0.1, 0.15) is 33.6 Å². The third-order valence-corrected chi connectivity index (χ3v) is 14.2. The summed E-state index contributed by atoms with van der Waals surface area (Å²) in [4.78, 5) is 99.4. The Morgan fingerprint density at radius 2 is 0.557 bits per heavy atom. The third-order valence-electron chi connectivity index (χ3n) is 14.2. The molecule has 554 valence electrons. The van der Waals surface area contributed by atoms with Crippen molar-refractivity contribution in [3.63, 3.8) is 0 Å². The van der Waals surface area contributed by atoms with Gasteiger partial charge in [0, 0.05) is 33.3 Å². The fourth-order valence-corrected chi connectivity index (χ4v) is 10.6. The molecular weight excluding hydrogens is 1350 g/mol. The maximum Gasteiger partial charge on any atom is 0.344 e. The Hall–Kier alpha value is -11.8. The van der Waals surface area contributed by atoms with Crippen LogP contribution < -0.4 is 28.4 Å². The van der Waals surface area contributed by atoms with E-state index in [4.69, 9.17) is 66.8 Å². The van der Waals surface area contributed by atoms with E-state index in [1.807, 2.05) is 97.1 Å². The van der Waals surface area contributed by atoms with E-state index in [0.717, 1.165) is 0 Å². The molecule has 22 heteroatoms. The number of aromatic amines is 2. The van der Waals surface area contributed by atoms with Crippen LogP contribution in [0.25, 0.3) is 68.6 Å². The summed E-state index contributed by atoms with van der Waals surface area (Å²) in [7, 11) is 0. The summed E-state index contributed by atoms with van der Waals surface area (Å²) in [5.74, 6) is 8.37. The molecule has 7 aromatic rings. The van der Waals surface area contributed by atoms with Crippen molar-refractivity contribution in [3.05, 3.63) is 154 Å². The first kappa shape index (κ1) is 78.4. The average Bonchev–Trinajstić information content (AvgIpc) is 1.58. The van der Waals surface area contributed by atoms with Gasteiger partial charge in [0.25, 0.3) is 0 Å². The van der Waals surface area contributed by atoms with Crippen LogP contribution in [0.5, 0.6) is 34.5 Å². The Labute approximate surface area is 617 Å². The molecule has 106 heavy (non-hydrogen) atoms. The van der Waals surface area contributed by atoms with Gasteiger partial charge in [-0.3, -0.25) is 0 Å². The Morgan fingerprint density at radius 3 is 0.821 bits per heavy atom. The SMILES string of the molecule is CC(C)(C)OC(=O)COc1cc(-c2c3nc(c(C#Cc4ccccc4)c4ccc([nH]4)c(-c4cc(OCC(=O)OC(C)(C)C)c(OCC(=O)OC(C)(C)C)c(OCC(=O)OC(C)(C)C)c4)c4nc(c(C#Cc5ccccc5)c5ccc2[nH]5)C=C4)C=C3)cc(OCC(=O)OC(C)(C)C)c1OCC(=O)OC(C)(C)C. The highest BCUT2D eigenvalue weighted by Gasteiger charge is 2.30. The molecule has 0 fully saturated rings. The third kappa shape index (κ3) is 23.1. The molecule has 0 spiro atoms.